The number of para-hydroxylation sites is 1. The molecule has 0 saturated carbocycles. The van der Waals surface area contributed by atoms with Crippen molar-refractivity contribution in [2.75, 3.05) is 26.0 Å². The molecule has 1 aromatic rings. The Hall–Kier alpha value is -1.28. The van der Waals surface area contributed by atoms with Gasteiger partial charge in [-0.3, -0.25) is 0 Å². The largest absolute Gasteiger partial charge is 0.405 e. The fourth-order valence-electron chi connectivity index (χ4n) is 1.23. The Balaban J connectivity index is 3.08. The van der Waals surface area contributed by atoms with Gasteiger partial charge in [-0.15, -0.1) is 0 Å². The van der Waals surface area contributed by atoms with Crippen molar-refractivity contribution in [3.05, 3.63) is 24.3 Å². The molecule has 0 aliphatic carbocycles. The van der Waals surface area contributed by atoms with E-state index >= 15 is 0 Å². The van der Waals surface area contributed by atoms with Gasteiger partial charge in [0.25, 0.3) is 0 Å². The van der Waals surface area contributed by atoms with Crippen molar-refractivity contribution >= 4 is 15.7 Å². The van der Waals surface area contributed by atoms with Gasteiger partial charge in [0.05, 0.1) is 5.69 Å². The summed E-state index contributed by atoms with van der Waals surface area (Å²) in [4.78, 5) is -0.181. The van der Waals surface area contributed by atoms with E-state index in [1.54, 1.807) is 0 Å². The Bertz CT molecular complexity index is 512. The number of benzene rings is 1. The fourth-order valence-corrected chi connectivity index (χ4v) is 2.29. The second-order valence-corrected chi connectivity index (χ2v) is 5.87. The van der Waals surface area contributed by atoms with Crippen LogP contribution in [-0.2, 0) is 10.0 Å². The molecule has 0 aliphatic heterocycles. The molecular weight excluding hydrogens is 269 g/mol. The summed E-state index contributed by atoms with van der Waals surface area (Å²) in [5.41, 5.74) is -0.0662. The highest BCUT2D eigenvalue weighted by Crippen LogP contribution is 2.24. The summed E-state index contributed by atoms with van der Waals surface area (Å²) in [6, 6.07) is 5.47. The molecular formula is C10H13F3N2O2S. The summed E-state index contributed by atoms with van der Waals surface area (Å²) in [6.07, 6.45) is -4.41. The van der Waals surface area contributed by atoms with Crippen molar-refractivity contribution in [2.45, 2.75) is 11.1 Å². The predicted molar refractivity (Wildman–Crippen MR) is 61.9 cm³/mol. The first-order valence-electron chi connectivity index (χ1n) is 4.97. The van der Waals surface area contributed by atoms with Gasteiger partial charge in [0, 0.05) is 14.1 Å². The average molecular weight is 282 g/mol. The number of sulfonamides is 1. The zero-order chi connectivity index (χ0) is 14.0. The molecule has 0 aliphatic rings. The van der Waals surface area contributed by atoms with Gasteiger partial charge in [-0.1, -0.05) is 12.1 Å². The normalized spacial score (nSPS) is 12.8. The lowest BCUT2D eigenvalue weighted by molar-refractivity contribution is -0.115. The minimum absolute atomic E-state index is 0.0662. The lowest BCUT2D eigenvalue weighted by Gasteiger charge is -2.16. The zero-order valence-electron chi connectivity index (χ0n) is 9.82. The molecule has 0 atom stereocenters. The van der Waals surface area contributed by atoms with Gasteiger partial charge in [0.2, 0.25) is 10.0 Å². The van der Waals surface area contributed by atoms with E-state index in [0.29, 0.717) is 0 Å². The van der Waals surface area contributed by atoms with Crippen molar-refractivity contribution < 1.29 is 21.6 Å². The predicted octanol–water partition coefficient (Wildman–Crippen LogP) is 1.91. The third kappa shape index (κ3) is 3.61. The van der Waals surface area contributed by atoms with Crippen molar-refractivity contribution in [1.29, 1.82) is 0 Å². The number of nitrogens with one attached hydrogen (secondary N) is 1. The van der Waals surface area contributed by atoms with Gasteiger partial charge in [0.1, 0.15) is 11.4 Å². The van der Waals surface area contributed by atoms with Crippen LogP contribution in [0.1, 0.15) is 0 Å². The maximum atomic E-state index is 12.1. The minimum Gasteiger partial charge on any atom is -0.375 e. The fraction of sp³-hybridized carbons (Fsp3) is 0.400. The number of anilines is 1. The average Bonchev–Trinajstić information content (AvgIpc) is 2.25. The molecule has 0 spiro atoms. The topological polar surface area (TPSA) is 49.4 Å². The number of halogens is 3. The SMILES string of the molecule is CN(C)S(=O)(=O)c1ccccc1NCC(F)(F)F. The lowest BCUT2D eigenvalue weighted by atomic mass is 10.3. The van der Waals surface area contributed by atoms with Gasteiger partial charge in [-0.05, 0) is 12.1 Å². The van der Waals surface area contributed by atoms with Gasteiger partial charge in [0.15, 0.2) is 0 Å². The number of hydrogen-bond acceptors (Lipinski definition) is 3. The maximum absolute atomic E-state index is 12.1. The van der Waals surface area contributed by atoms with Crippen LogP contribution in [-0.4, -0.2) is 39.5 Å². The van der Waals surface area contributed by atoms with Crippen LogP contribution < -0.4 is 5.32 Å². The maximum Gasteiger partial charge on any atom is 0.405 e. The molecule has 102 valence electrons. The van der Waals surface area contributed by atoms with Crippen molar-refractivity contribution in [3.8, 4) is 0 Å². The first-order valence-corrected chi connectivity index (χ1v) is 6.41. The summed E-state index contributed by atoms with van der Waals surface area (Å²) in [5, 5.41) is 2.08. The van der Waals surface area contributed by atoms with Gasteiger partial charge in [-0.25, -0.2) is 12.7 Å². The summed E-state index contributed by atoms with van der Waals surface area (Å²) in [6.45, 7) is -1.28. The molecule has 1 aromatic carbocycles. The third-order valence-corrected chi connectivity index (χ3v) is 4.00. The molecule has 0 unspecified atom stereocenters. The van der Waals surface area contributed by atoms with E-state index in [4.69, 9.17) is 0 Å². The molecule has 0 bridgehead atoms. The highest BCUT2D eigenvalue weighted by Gasteiger charge is 2.28. The quantitative estimate of drug-likeness (QED) is 0.917. The van der Waals surface area contributed by atoms with Crippen molar-refractivity contribution in [1.82, 2.24) is 4.31 Å². The molecule has 0 saturated heterocycles. The second kappa shape index (κ2) is 5.15. The van der Waals surface area contributed by atoms with Crippen LogP contribution in [0.3, 0.4) is 0 Å². The molecule has 4 nitrogen and oxygen atoms in total. The Labute approximate surface area is 103 Å². The number of rotatable bonds is 4. The van der Waals surface area contributed by atoms with Crippen LogP contribution in [0.2, 0.25) is 0 Å². The molecule has 0 fully saturated rings. The smallest absolute Gasteiger partial charge is 0.375 e. The lowest BCUT2D eigenvalue weighted by Crippen LogP contribution is -2.26. The van der Waals surface area contributed by atoms with E-state index < -0.39 is 22.7 Å². The first-order chi connectivity index (χ1) is 8.14. The highest BCUT2D eigenvalue weighted by atomic mass is 32.2. The Morgan fingerprint density at radius 1 is 1.22 bits per heavy atom. The Kier molecular flexibility index (Phi) is 4.23. The zero-order valence-corrected chi connectivity index (χ0v) is 10.6. The molecule has 1 N–H and O–H groups in total. The van der Waals surface area contributed by atoms with Crippen LogP contribution in [0.15, 0.2) is 29.2 Å². The van der Waals surface area contributed by atoms with E-state index in [2.05, 4.69) is 5.32 Å². The molecule has 8 heteroatoms. The molecule has 0 heterocycles. The number of alkyl halides is 3. The van der Waals surface area contributed by atoms with Crippen molar-refractivity contribution in [2.24, 2.45) is 0 Å². The highest BCUT2D eigenvalue weighted by molar-refractivity contribution is 7.89. The number of nitrogens with zero attached hydrogens (tertiary/aromatic N) is 1. The molecule has 1 rings (SSSR count). The van der Waals surface area contributed by atoms with Crippen LogP contribution >= 0.6 is 0 Å². The molecule has 0 aromatic heterocycles. The van der Waals surface area contributed by atoms with Crippen LogP contribution in [0, 0.1) is 0 Å². The van der Waals surface area contributed by atoms with E-state index in [0.717, 1.165) is 4.31 Å². The van der Waals surface area contributed by atoms with E-state index in [1.807, 2.05) is 0 Å². The standard InChI is InChI=1S/C10H13F3N2O2S/c1-15(2)18(16,17)9-6-4-3-5-8(9)14-7-10(11,12)13/h3-6,14H,7H2,1-2H3. The minimum atomic E-state index is -4.41. The molecule has 0 amide bonds. The Morgan fingerprint density at radius 2 is 1.78 bits per heavy atom. The monoisotopic (exact) mass is 282 g/mol. The Morgan fingerprint density at radius 3 is 2.28 bits per heavy atom. The van der Waals surface area contributed by atoms with Gasteiger partial charge in [-0.2, -0.15) is 13.2 Å². The van der Waals surface area contributed by atoms with Gasteiger partial charge >= 0.3 is 6.18 Å². The van der Waals surface area contributed by atoms with E-state index in [1.165, 1.54) is 38.4 Å². The summed E-state index contributed by atoms with van der Waals surface area (Å²) >= 11 is 0. The van der Waals surface area contributed by atoms with Crippen LogP contribution in [0.5, 0.6) is 0 Å². The van der Waals surface area contributed by atoms with Crippen LogP contribution in [0.25, 0.3) is 0 Å². The molecule has 0 radical (unpaired) electrons. The first kappa shape index (κ1) is 14.8. The summed E-state index contributed by atoms with van der Waals surface area (Å²) in [7, 11) is -1.14. The molecule has 18 heavy (non-hydrogen) atoms. The van der Waals surface area contributed by atoms with Gasteiger partial charge < -0.3 is 5.32 Å². The third-order valence-electron chi connectivity index (χ3n) is 2.12. The summed E-state index contributed by atoms with van der Waals surface area (Å²) in [5.74, 6) is 0. The second-order valence-electron chi connectivity index (χ2n) is 3.75. The number of hydrogen-bond donors (Lipinski definition) is 1. The summed E-state index contributed by atoms with van der Waals surface area (Å²) < 4.78 is 61.0. The van der Waals surface area contributed by atoms with Crippen molar-refractivity contribution in [3.63, 3.8) is 0 Å². The van der Waals surface area contributed by atoms with E-state index in [9.17, 15) is 21.6 Å². The van der Waals surface area contributed by atoms with Crippen LogP contribution in [0.4, 0.5) is 18.9 Å². The van der Waals surface area contributed by atoms with E-state index in [-0.39, 0.29) is 10.6 Å².